The van der Waals surface area contributed by atoms with Gasteiger partial charge in [0.05, 0.1) is 5.52 Å². The van der Waals surface area contributed by atoms with Crippen molar-refractivity contribution in [2.24, 2.45) is 0 Å². The first kappa shape index (κ1) is 10.3. The molecule has 0 spiro atoms. The number of carbonyl (C=O) groups excluding carboxylic acids is 1. The van der Waals surface area contributed by atoms with Gasteiger partial charge in [-0.05, 0) is 12.1 Å². The van der Waals surface area contributed by atoms with Gasteiger partial charge < -0.3 is 9.57 Å². The molecule has 1 heterocycles. The molecule has 2 rings (SSSR count). The van der Waals surface area contributed by atoms with E-state index in [1.807, 2.05) is 30.3 Å². The van der Waals surface area contributed by atoms with Crippen LogP contribution in [0.1, 0.15) is 0 Å². The summed E-state index contributed by atoms with van der Waals surface area (Å²) in [7, 11) is 0. The average molecular weight is 217 g/mol. The maximum atomic E-state index is 11.2. The Labute approximate surface area is 92.6 Å². The van der Waals surface area contributed by atoms with E-state index < -0.39 is 6.16 Å². The predicted molar refractivity (Wildman–Crippen MR) is 60.1 cm³/mol. The number of para-hydroxylation sites is 1. The van der Waals surface area contributed by atoms with Gasteiger partial charge in [-0.25, -0.2) is 4.79 Å². The van der Waals surface area contributed by atoms with Crippen LogP contribution in [0.4, 0.5) is 4.79 Å². The van der Waals surface area contributed by atoms with Crippen LogP contribution in [0.5, 0.6) is 0 Å². The Morgan fingerprint density at radius 2 is 2.19 bits per heavy atom. The quantitative estimate of drug-likeness (QED) is 0.585. The molecule has 0 N–H and O–H groups in total. The first-order chi connectivity index (χ1) is 7.81. The molecule has 0 unspecified atom stereocenters. The summed E-state index contributed by atoms with van der Waals surface area (Å²) in [5.41, 5.74) is 0.818. The van der Waals surface area contributed by atoms with E-state index in [2.05, 4.69) is 6.58 Å². The highest BCUT2D eigenvalue weighted by atomic mass is 16.8. The molecule has 82 valence electrons. The van der Waals surface area contributed by atoms with Crippen LogP contribution in [-0.2, 0) is 4.74 Å². The number of fused-ring (bicyclic) bond motifs is 1. The summed E-state index contributed by atoms with van der Waals surface area (Å²) in [6.45, 7) is 3.58. The van der Waals surface area contributed by atoms with Gasteiger partial charge in [-0.2, -0.15) is 4.73 Å². The van der Waals surface area contributed by atoms with E-state index in [0.29, 0.717) is 0 Å². The monoisotopic (exact) mass is 217 g/mol. The van der Waals surface area contributed by atoms with E-state index in [1.165, 1.54) is 10.8 Å². The number of rotatable bonds is 3. The lowest BCUT2D eigenvalue weighted by Gasteiger charge is -2.05. The molecule has 0 radical (unpaired) electrons. The molecule has 0 fully saturated rings. The maximum Gasteiger partial charge on any atom is 0.534 e. The Kier molecular flexibility index (Phi) is 2.91. The van der Waals surface area contributed by atoms with Gasteiger partial charge in [-0.3, -0.25) is 0 Å². The molecule has 0 aliphatic carbocycles. The summed E-state index contributed by atoms with van der Waals surface area (Å²) in [6.07, 6.45) is 2.40. The molecule has 4 nitrogen and oxygen atoms in total. The largest absolute Gasteiger partial charge is 0.534 e. The molecule has 1 aromatic heterocycles. The lowest BCUT2D eigenvalue weighted by atomic mass is 10.3. The number of aromatic nitrogens is 1. The van der Waals surface area contributed by atoms with E-state index in [1.54, 1.807) is 6.20 Å². The minimum Gasteiger partial charge on any atom is -0.428 e. The molecular formula is C12H11NO3. The van der Waals surface area contributed by atoms with Gasteiger partial charge in [0, 0.05) is 11.6 Å². The Bertz CT molecular complexity index is 516. The Hall–Kier alpha value is -2.23. The van der Waals surface area contributed by atoms with E-state index in [4.69, 9.17) is 9.57 Å². The van der Waals surface area contributed by atoms with E-state index in [9.17, 15) is 4.79 Å². The fourth-order valence-corrected chi connectivity index (χ4v) is 1.37. The highest BCUT2D eigenvalue weighted by Crippen LogP contribution is 2.13. The van der Waals surface area contributed by atoms with Gasteiger partial charge in [-0.1, -0.05) is 30.9 Å². The molecule has 0 saturated carbocycles. The summed E-state index contributed by atoms with van der Waals surface area (Å²) in [5.74, 6) is 0. The fourth-order valence-electron chi connectivity index (χ4n) is 1.37. The van der Waals surface area contributed by atoms with Crippen LogP contribution in [0.25, 0.3) is 10.9 Å². The van der Waals surface area contributed by atoms with Crippen molar-refractivity contribution < 1.29 is 14.4 Å². The highest BCUT2D eigenvalue weighted by Gasteiger charge is 2.07. The zero-order valence-corrected chi connectivity index (χ0v) is 8.63. The number of ether oxygens (including phenoxy) is 1. The van der Waals surface area contributed by atoms with Crippen LogP contribution in [0.2, 0.25) is 0 Å². The Balaban J connectivity index is 2.15. The van der Waals surface area contributed by atoms with Crippen molar-refractivity contribution in [3.63, 3.8) is 0 Å². The summed E-state index contributed by atoms with van der Waals surface area (Å²) in [4.78, 5) is 16.2. The molecule has 0 atom stereocenters. The molecule has 0 aliphatic heterocycles. The summed E-state index contributed by atoms with van der Waals surface area (Å²) in [6, 6.07) is 9.44. The van der Waals surface area contributed by atoms with E-state index >= 15 is 0 Å². The third-order valence-corrected chi connectivity index (χ3v) is 2.06. The maximum absolute atomic E-state index is 11.2. The number of benzene rings is 1. The average Bonchev–Trinajstić information content (AvgIpc) is 2.70. The predicted octanol–water partition coefficient (Wildman–Crippen LogP) is 2.39. The first-order valence-corrected chi connectivity index (χ1v) is 4.83. The Morgan fingerprint density at radius 1 is 1.38 bits per heavy atom. The molecular weight excluding hydrogens is 206 g/mol. The van der Waals surface area contributed by atoms with Gasteiger partial charge in [0.25, 0.3) is 0 Å². The zero-order valence-electron chi connectivity index (χ0n) is 8.63. The van der Waals surface area contributed by atoms with Crippen molar-refractivity contribution in [2.45, 2.75) is 0 Å². The van der Waals surface area contributed by atoms with E-state index in [-0.39, 0.29) is 6.61 Å². The first-order valence-electron chi connectivity index (χ1n) is 4.83. The van der Waals surface area contributed by atoms with Gasteiger partial charge >= 0.3 is 6.16 Å². The third kappa shape index (κ3) is 2.06. The summed E-state index contributed by atoms with van der Waals surface area (Å²) in [5, 5.41) is 0.999. The second-order valence-corrected chi connectivity index (χ2v) is 3.14. The van der Waals surface area contributed by atoms with Crippen molar-refractivity contribution in [1.29, 1.82) is 0 Å². The van der Waals surface area contributed by atoms with Gasteiger partial charge in [0.1, 0.15) is 6.61 Å². The second-order valence-electron chi connectivity index (χ2n) is 3.14. The molecule has 0 amide bonds. The van der Waals surface area contributed by atoms with Crippen LogP contribution in [0, 0.1) is 0 Å². The molecule has 4 heteroatoms. The number of hydrogen-bond donors (Lipinski definition) is 0. The highest BCUT2D eigenvalue weighted by molar-refractivity contribution is 5.80. The molecule has 0 bridgehead atoms. The second kappa shape index (κ2) is 4.53. The van der Waals surface area contributed by atoms with Crippen LogP contribution < -0.4 is 4.84 Å². The summed E-state index contributed by atoms with van der Waals surface area (Å²) < 4.78 is 6.09. The lowest BCUT2D eigenvalue weighted by molar-refractivity contribution is 0.0592. The number of hydrogen-bond acceptors (Lipinski definition) is 3. The Morgan fingerprint density at radius 3 is 3.00 bits per heavy atom. The molecule has 0 aliphatic rings. The van der Waals surface area contributed by atoms with Crippen LogP contribution >= 0.6 is 0 Å². The van der Waals surface area contributed by atoms with Crippen LogP contribution in [0.15, 0.2) is 49.2 Å². The number of nitrogens with zero attached hydrogens (tertiary/aromatic N) is 1. The zero-order chi connectivity index (χ0) is 11.4. The van der Waals surface area contributed by atoms with Gasteiger partial charge in [0.15, 0.2) is 0 Å². The van der Waals surface area contributed by atoms with E-state index in [0.717, 1.165) is 10.9 Å². The molecule has 2 aromatic rings. The topological polar surface area (TPSA) is 40.5 Å². The molecule has 0 saturated heterocycles. The smallest absolute Gasteiger partial charge is 0.428 e. The SMILES string of the molecule is C=CCOC(=O)On1ccc2ccccc21. The molecule has 16 heavy (non-hydrogen) atoms. The van der Waals surface area contributed by atoms with Crippen molar-refractivity contribution in [2.75, 3.05) is 6.61 Å². The minimum atomic E-state index is -0.749. The lowest BCUT2D eigenvalue weighted by Crippen LogP contribution is -2.19. The van der Waals surface area contributed by atoms with Crippen molar-refractivity contribution in [3.05, 3.63) is 49.2 Å². The van der Waals surface area contributed by atoms with Gasteiger partial charge in [0.2, 0.25) is 0 Å². The van der Waals surface area contributed by atoms with Crippen LogP contribution in [0.3, 0.4) is 0 Å². The third-order valence-electron chi connectivity index (χ3n) is 2.06. The number of carbonyl (C=O) groups is 1. The van der Waals surface area contributed by atoms with Crippen molar-refractivity contribution in [1.82, 2.24) is 4.73 Å². The molecule has 1 aromatic carbocycles. The minimum absolute atomic E-state index is 0.137. The van der Waals surface area contributed by atoms with Gasteiger partial charge in [-0.15, -0.1) is 0 Å². The standard InChI is InChI=1S/C12H11NO3/c1-2-9-15-12(14)16-13-8-7-10-5-3-4-6-11(10)13/h2-8H,1,9H2. The van der Waals surface area contributed by atoms with Crippen molar-refractivity contribution in [3.8, 4) is 0 Å². The fraction of sp³-hybridized carbons (Fsp3) is 0.0833. The van der Waals surface area contributed by atoms with Crippen molar-refractivity contribution >= 4 is 17.1 Å². The summed E-state index contributed by atoms with van der Waals surface area (Å²) >= 11 is 0. The normalized spacial score (nSPS) is 10.0. The van der Waals surface area contributed by atoms with Crippen LogP contribution in [-0.4, -0.2) is 17.5 Å².